The van der Waals surface area contributed by atoms with Crippen LogP contribution in [0.5, 0.6) is 5.75 Å². The summed E-state index contributed by atoms with van der Waals surface area (Å²) in [7, 11) is 0. The van der Waals surface area contributed by atoms with Crippen LogP contribution in [0.4, 0.5) is 4.79 Å². The molecule has 0 radical (unpaired) electrons. The van der Waals surface area contributed by atoms with Gasteiger partial charge in [0, 0.05) is 30.5 Å². The second kappa shape index (κ2) is 7.64. The number of hydrogen-bond acceptors (Lipinski definition) is 3. The Morgan fingerprint density at radius 1 is 1.44 bits per heavy atom. The normalized spacial score (nSPS) is 20.2. The lowest BCUT2D eigenvalue weighted by Crippen LogP contribution is -2.49. The predicted molar refractivity (Wildman–Crippen MR) is 98.5 cm³/mol. The van der Waals surface area contributed by atoms with E-state index in [0.29, 0.717) is 26.1 Å². The molecule has 2 N–H and O–H groups in total. The first-order chi connectivity index (χ1) is 12.0. The first-order valence-electron chi connectivity index (χ1n) is 8.67. The highest BCUT2D eigenvalue weighted by Gasteiger charge is 2.41. The van der Waals surface area contributed by atoms with Gasteiger partial charge in [-0.15, -0.1) is 0 Å². The summed E-state index contributed by atoms with van der Waals surface area (Å²) in [6.07, 6.45) is 2.23. The minimum Gasteiger partial charge on any atom is -0.489 e. The molecule has 7 heteroatoms. The van der Waals surface area contributed by atoms with Crippen molar-refractivity contribution < 1.29 is 14.3 Å². The Hall–Kier alpha value is -1.76. The molecule has 2 heterocycles. The molecule has 1 aromatic carbocycles. The molecular weight excluding hydrogens is 386 g/mol. The summed E-state index contributed by atoms with van der Waals surface area (Å²) in [6, 6.07) is 7.59. The second-order valence-electron chi connectivity index (χ2n) is 7.01. The van der Waals surface area contributed by atoms with Gasteiger partial charge in [0.05, 0.1) is 6.54 Å². The van der Waals surface area contributed by atoms with Crippen LogP contribution in [0.25, 0.3) is 0 Å². The van der Waals surface area contributed by atoms with E-state index in [4.69, 9.17) is 4.74 Å². The van der Waals surface area contributed by atoms with E-state index in [2.05, 4.69) is 26.6 Å². The van der Waals surface area contributed by atoms with E-state index >= 15 is 0 Å². The fraction of sp³-hybridized carbons (Fsp3) is 0.556. The van der Waals surface area contributed by atoms with Crippen molar-refractivity contribution in [2.24, 2.45) is 5.41 Å². The van der Waals surface area contributed by atoms with Crippen LogP contribution in [-0.2, 0) is 4.79 Å². The Balaban J connectivity index is 1.41. The number of nitrogens with zero attached hydrogens (tertiary/aromatic N) is 1. The predicted octanol–water partition coefficient (Wildman–Crippen LogP) is 2.53. The number of hydrogen-bond donors (Lipinski definition) is 2. The third kappa shape index (κ3) is 4.66. The topological polar surface area (TPSA) is 70.7 Å². The van der Waals surface area contributed by atoms with Crippen molar-refractivity contribution in [3.63, 3.8) is 0 Å². The van der Waals surface area contributed by atoms with Crippen molar-refractivity contribution in [2.75, 3.05) is 26.2 Å². The summed E-state index contributed by atoms with van der Waals surface area (Å²) in [4.78, 5) is 25.6. The smallest absolute Gasteiger partial charge is 0.317 e. The molecule has 2 aliphatic heterocycles. The monoisotopic (exact) mass is 409 g/mol. The van der Waals surface area contributed by atoms with Crippen LogP contribution in [-0.4, -0.2) is 49.1 Å². The fourth-order valence-electron chi connectivity index (χ4n) is 3.45. The van der Waals surface area contributed by atoms with Crippen LogP contribution in [0.3, 0.4) is 0 Å². The first-order valence-corrected chi connectivity index (χ1v) is 9.47. The molecule has 6 nitrogen and oxygen atoms in total. The molecule has 0 bridgehead atoms. The van der Waals surface area contributed by atoms with Crippen molar-refractivity contribution in [1.82, 2.24) is 15.5 Å². The minimum atomic E-state index is -0.119. The molecule has 136 valence electrons. The van der Waals surface area contributed by atoms with E-state index in [9.17, 15) is 9.59 Å². The lowest BCUT2D eigenvalue weighted by Gasteiger charge is -2.38. The highest BCUT2D eigenvalue weighted by Crippen LogP contribution is 2.37. The number of amides is 3. The molecular formula is C18H24BrN3O3. The molecule has 0 aliphatic carbocycles. The van der Waals surface area contributed by atoms with Gasteiger partial charge in [0.25, 0.3) is 0 Å². The van der Waals surface area contributed by atoms with Gasteiger partial charge in [0.1, 0.15) is 11.9 Å². The number of urea groups is 1. The van der Waals surface area contributed by atoms with Gasteiger partial charge >= 0.3 is 6.03 Å². The van der Waals surface area contributed by atoms with Crippen molar-refractivity contribution in [1.29, 1.82) is 0 Å². The number of halogens is 1. The summed E-state index contributed by atoms with van der Waals surface area (Å²) in [5.74, 6) is 0.908. The van der Waals surface area contributed by atoms with E-state index in [-0.39, 0.29) is 23.5 Å². The number of piperidine rings is 1. The van der Waals surface area contributed by atoms with Gasteiger partial charge < -0.3 is 20.3 Å². The summed E-state index contributed by atoms with van der Waals surface area (Å²) >= 11 is 3.41. The number of rotatable bonds is 4. The largest absolute Gasteiger partial charge is 0.489 e. The minimum absolute atomic E-state index is 0.0585. The second-order valence-corrected chi connectivity index (χ2v) is 7.93. The zero-order chi connectivity index (χ0) is 17.9. The third-order valence-corrected chi connectivity index (χ3v) is 5.47. The molecule has 1 atom stereocenters. The summed E-state index contributed by atoms with van der Waals surface area (Å²) < 4.78 is 6.77. The van der Waals surface area contributed by atoms with Crippen molar-refractivity contribution >= 4 is 27.9 Å². The standard InChI is InChI=1S/C18H24BrN3O3/c1-13(25-15-4-2-3-14(19)9-15)11-20-17(24)22-7-5-18(6-8-22)10-16(23)21-12-18/h2-4,9,13H,5-8,10-12H2,1H3,(H,20,24)(H,21,23). The fourth-order valence-corrected chi connectivity index (χ4v) is 3.82. The number of likely N-dealkylation sites (tertiary alicyclic amines) is 1. The highest BCUT2D eigenvalue weighted by atomic mass is 79.9. The van der Waals surface area contributed by atoms with Gasteiger partial charge in [-0.2, -0.15) is 0 Å². The van der Waals surface area contributed by atoms with Crippen LogP contribution >= 0.6 is 15.9 Å². The van der Waals surface area contributed by atoms with Crippen molar-refractivity contribution in [3.8, 4) is 5.75 Å². The Bertz CT molecular complexity index is 644. The zero-order valence-corrected chi connectivity index (χ0v) is 16.0. The number of nitrogens with one attached hydrogen (secondary N) is 2. The molecule has 25 heavy (non-hydrogen) atoms. The quantitative estimate of drug-likeness (QED) is 0.802. The van der Waals surface area contributed by atoms with E-state index < -0.39 is 0 Å². The molecule has 1 unspecified atom stereocenters. The highest BCUT2D eigenvalue weighted by molar-refractivity contribution is 9.10. The van der Waals surface area contributed by atoms with Crippen molar-refractivity contribution in [3.05, 3.63) is 28.7 Å². The Morgan fingerprint density at radius 2 is 2.20 bits per heavy atom. The maximum Gasteiger partial charge on any atom is 0.317 e. The molecule has 3 amide bonds. The summed E-state index contributed by atoms with van der Waals surface area (Å²) in [6.45, 7) is 4.53. The number of carbonyl (C=O) groups excluding carboxylic acids is 2. The molecule has 2 aliphatic rings. The van der Waals surface area contributed by atoms with Crippen LogP contribution < -0.4 is 15.4 Å². The Labute approximate surface area is 156 Å². The van der Waals surface area contributed by atoms with Crippen LogP contribution in [0, 0.1) is 5.41 Å². The molecule has 2 saturated heterocycles. The first kappa shape index (κ1) is 18.0. The Morgan fingerprint density at radius 3 is 2.84 bits per heavy atom. The van der Waals surface area contributed by atoms with Gasteiger partial charge in [-0.1, -0.05) is 22.0 Å². The maximum absolute atomic E-state index is 12.3. The SMILES string of the molecule is CC(CNC(=O)N1CCC2(CC1)CNC(=O)C2)Oc1cccc(Br)c1. The van der Waals surface area contributed by atoms with Gasteiger partial charge in [-0.25, -0.2) is 4.79 Å². The number of carbonyl (C=O) groups is 2. The average Bonchev–Trinajstić information content (AvgIpc) is 2.94. The molecule has 0 saturated carbocycles. The van der Waals surface area contributed by atoms with Gasteiger partial charge in [-0.05, 0) is 43.4 Å². The van der Waals surface area contributed by atoms with Crippen LogP contribution in [0.15, 0.2) is 28.7 Å². The lowest BCUT2D eigenvalue weighted by atomic mass is 9.78. The lowest BCUT2D eigenvalue weighted by molar-refractivity contribution is -0.119. The van der Waals surface area contributed by atoms with E-state index in [0.717, 1.165) is 29.6 Å². The maximum atomic E-state index is 12.3. The Kier molecular flexibility index (Phi) is 5.51. The zero-order valence-electron chi connectivity index (χ0n) is 14.4. The van der Waals surface area contributed by atoms with Crippen LogP contribution in [0.1, 0.15) is 26.2 Å². The molecule has 1 aromatic rings. The molecule has 2 fully saturated rings. The van der Waals surface area contributed by atoms with Crippen LogP contribution in [0.2, 0.25) is 0 Å². The summed E-state index contributed by atoms with van der Waals surface area (Å²) in [5, 5.41) is 5.86. The van der Waals surface area contributed by atoms with E-state index in [1.807, 2.05) is 36.1 Å². The summed E-state index contributed by atoms with van der Waals surface area (Å²) in [5.41, 5.74) is 0.0605. The van der Waals surface area contributed by atoms with E-state index in [1.165, 1.54) is 0 Å². The molecule has 3 rings (SSSR count). The van der Waals surface area contributed by atoms with Crippen molar-refractivity contribution in [2.45, 2.75) is 32.3 Å². The number of ether oxygens (including phenoxy) is 1. The van der Waals surface area contributed by atoms with E-state index in [1.54, 1.807) is 0 Å². The average molecular weight is 410 g/mol. The molecule has 1 spiro atoms. The van der Waals surface area contributed by atoms with Gasteiger partial charge in [0.2, 0.25) is 5.91 Å². The number of benzene rings is 1. The molecule has 0 aromatic heterocycles. The van der Waals surface area contributed by atoms with Gasteiger partial charge in [0.15, 0.2) is 0 Å². The van der Waals surface area contributed by atoms with Gasteiger partial charge in [-0.3, -0.25) is 4.79 Å². The third-order valence-electron chi connectivity index (χ3n) is 4.98.